The molecule has 2 aliphatic rings. The molecule has 0 saturated carbocycles. The van der Waals surface area contributed by atoms with Gasteiger partial charge >= 0.3 is 23.7 Å². The number of ether oxygens (including phenoxy) is 3. The summed E-state index contributed by atoms with van der Waals surface area (Å²) in [4.78, 5) is 22.6. The van der Waals surface area contributed by atoms with E-state index in [2.05, 4.69) is 14.2 Å². The molecule has 0 unspecified atom stereocenters. The average molecular weight is 292 g/mol. The van der Waals surface area contributed by atoms with E-state index in [1.54, 1.807) is 0 Å². The van der Waals surface area contributed by atoms with Crippen molar-refractivity contribution in [1.82, 2.24) is 0 Å². The SMILES string of the molecule is O=C1/C=C/C(=O)O[C@@]2(O)[C@@H](O)[C@H](O)[C@@H](CO)O[C@]2(O)O1. The van der Waals surface area contributed by atoms with Crippen LogP contribution in [0.25, 0.3) is 0 Å². The van der Waals surface area contributed by atoms with Crippen LogP contribution in [0.15, 0.2) is 12.2 Å². The molecule has 2 heterocycles. The lowest BCUT2D eigenvalue weighted by molar-refractivity contribution is -0.510. The predicted octanol–water partition coefficient (Wildman–Crippen LogP) is -3.91. The van der Waals surface area contributed by atoms with Gasteiger partial charge in [0.2, 0.25) is 0 Å². The summed E-state index contributed by atoms with van der Waals surface area (Å²) in [5.41, 5.74) is 0. The molecule has 0 aromatic rings. The molecule has 1 fully saturated rings. The van der Waals surface area contributed by atoms with E-state index in [0.717, 1.165) is 0 Å². The highest BCUT2D eigenvalue weighted by Crippen LogP contribution is 2.39. The molecular weight excluding hydrogens is 280 g/mol. The number of aliphatic hydroxyl groups is 5. The third-order valence-electron chi connectivity index (χ3n) is 2.90. The van der Waals surface area contributed by atoms with E-state index in [1.165, 1.54) is 0 Å². The van der Waals surface area contributed by atoms with Crippen molar-refractivity contribution in [1.29, 1.82) is 0 Å². The van der Waals surface area contributed by atoms with Gasteiger partial charge in [-0.1, -0.05) is 0 Å². The van der Waals surface area contributed by atoms with Gasteiger partial charge in [-0.25, -0.2) is 9.59 Å². The lowest BCUT2D eigenvalue weighted by Crippen LogP contribution is -2.75. The minimum Gasteiger partial charge on any atom is -0.417 e. The Hall–Kier alpha value is -1.56. The van der Waals surface area contributed by atoms with Crippen LogP contribution < -0.4 is 0 Å². The van der Waals surface area contributed by atoms with E-state index in [0.29, 0.717) is 12.2 Å². The zero-order valence-electron chi connectivity index (χ0n) is 9.87. The van der Waals surface area contributed by atoms with Gasteiger partial charge in [-0.15, -0.1) is 0 Å². The summed E-state index contributed by atoms with van der Waals surface area (Å²) in [6.45, 7) is -0.877. The summed E-state index contributed by atoms with van der Waals surface area (Å²) in [6.07, 6.45) is -4.64. The Kier molecular flexibility index (Phi) is 3.54. The summed E-state index contributed by atoms with van der Waals surface area (Å²) in [5.74, 6) is -9.13. The summed E-state index contributed by atoms with van der Waals surface area (Å²) in [6, 6.07) is 0. The van der Waals surface area contributed by atoms with Crippen molar-refractivity contribution >= 4 is 11.9 Å². The summed E-state index contributed by atoms with van der Waals surface area (Å²) >= 11 is 0. The average Bonchev–Trinajstić information content (AvgIpc) is 2.38. The maximum Gasteiger partial charge on any atom is 0.400 e. The number of hydrogen-bond acceptors (Lipinski definition) is 10. The molecule has 5 N–H and O–H groups in total. The van der Waals surface area contributed by atoms with Crippen LogP contribution >= 0.6 is 0 Å². The Bertz CT molecular complexity index is 461. The van der Waals surface area contributed by atoms with Crippen LogP contribution in [0.1, 0.15) is 0 Å². The molecule has 112 valence electrons. The molecule has 10 heteroatoms. The van der Waals surface area contributed by atoms with Gasteiger partial charge in [0.05, 0.1) is 6.61 Å². The molecule has 2 rings (SSSR count). The molecule has 10 nitrogen and oxygen atoms in total. The van der Waals surface area contributed by atoms with E-state index in [-0.39, 0.29) is 0 Å². The van der Waals surface area contributed by atoms with Gasteiger partial charge in [0.15, 0.2) is 6.10 Å². The Morgan fingerprint density at radius 3 is 2.20 bits per heavy atom. The topological polar surface area (TPSA) is 163 Å². The Labute approximate surface area is 111 Å². The minimum absolute atomic E-state index is 0.580. The molecule has 5 atom stereocenters. The third-order valence-corrected chi connectivity index (χ3v) is 2.90. The van der Waals surface area contributed by atoms with Crippen LogP contribution in [0, 0.1) is 0 Å². The number of fused-ring (bicyclic) bond motifs is 1. The maximum absolute atomic E-state index is 11.3. The second-order valence-corrected chi connectivity index (χ2v) is 4.23. The summed E-state index contributed by atoms with van der Waals surface area (Å²) in [5, 5.41) is 48.5. The Balaban J connectivity index is 2.48. The molecule has 0 amide bonds. The van der Waals surface area contributed by atoms with Gasteiger partial charge in [-0.3, -0.25) is 0 Å². The third kappa shape index (κ3) is 2.08. The fourth-order valence-corrected chi connectivity index (χ4v) is 1.84. The molecule has 0 bridgehead atoms. The first-order valence-electron chi connectivity index (χ1n) is 5.47. The monoisotopic (exact) mass is 292 g/mol. The van der Waals surface area contributed by atoms with E-state index in [1.807, 2.05) is 0 Å². The highest BCUT2D eigenvalue weighted by Gasteiger charge is 2.70. The lowest BCUT2D eigenvalue weighted by Gasteiger charge is -2.49. The van der Waals surface area contributed by atoms with Crippen LogP contribution in [0.2, 0.25) is 0 Å². The maximum atomic E-state index is 11.3. The van der Waals surface area contributed by atoms with Crippen molar-refractivity contribution in [2.24, 2.45) is 0 Å². The highest BCUT2D eigenvalue weighted by molar-refractivity contribution is 5.92. The number of esters is 2. The van der Waals surface area contributed by atoms with Crippen LogP contribution in [-0.2, 0) is 23.8 Å². The quantitative estimate of drug-likeness (QED) is 0.302. The summed E-state index contributed by atoms with van der Waals surface area (Å²) in [7, 11) is 0. The standard InChI is InChI=1S/C10H12O10/c11-3-4-7(14)8(15)9(16)10(17,18-4)20-6(13)2-1-5(12)19-9/h1-2,4,7-8,11,14-17H,3H2/b2-1+/t4-,7-,8+,9+,10+/m1/s1. The molecule has 0 aromatic heterocycles. The van der Waals surface area contributed by atoms with Crippen LogP contribution in [0.3, 0.4) is 0 Å². The smallest absolute Gasteiger partial charge is 0.400 e. The minimum atomic E-state index is -3.30. The second-order valence-electron chi connectivity index (χ2n) is 4.23. The first-order chi connectivity index (χ1) is 9.23. The number of carbonyl (C=O) groups excluding carboxylic acids is 2. The largest absolute Gasteiger partial charge is 0.417 e. The van der Waals surface area contributed by atoms with Crippen molar-refractivity contribution in [3.8, 4) is 0 Å². The van der Waals surface area contributed by atoms with Gasteiger partial charge in [0.25, 0.3) is 0 Å². The second kappa shape index (κ2) is 4.77. The van der Waals surface area contributed by atoms with Crippen LogP contribution in [0.4, 0.5) is 0 Å². The van der Waals surface area contributed by atoms with Crippen LogP contribution in [-0.4, -0.2) is 74.2 Å². The Morgan fingerprint density at radius 2 is 1.65 bits per heavy atom. The van der Waals surface area contributed by atoms with Crippen molar-refractivity contribution in [2.45, 2.75) is 30.1 Å². The molecule has 0 aliphatic carbocycles. The van der Waals surface area contributed by atoms with Gasteiger partial charge < -0.3 is 39.7 Å². The van der Waals surface area contributed by atoms with Crippen molar-refractivity contribution in [3.63, 3.8) is 0 Å². The van der Waals surface area contributed by atoms with Gasteiger partial charge in [0.1, 0.15) is 12.2 Å². The summed E-state index contributed by atoms with van der Waals surface area (Å²) < 4.78 is 13.4. The highest BCUT2D eigenvalue weighted by atomic mass is 16.9. The fraction of sp³-hybridized carbons (Fsp3) is 0.600. The first kappa shape index (κ1) is 14.8. The van der Waals surface area contributed by atoms with Crippen molar-refractivity contribution in [2.75, 3.05) is 6.61 Å². The predicted molar refractivity (Wildman–Crippen MR) is 55.2 cm³/mol. The van der Waals surface area contributed by atoms with Gasteiger partial charge in [-0.05, 0) is 0 Å². The number of aliphatic hydroxyl groups excluding tert-OH is 3. The molecule has 20 heavy (non-hydrogen) atoms. The number of hydrogen-bond donors (Lipinski definition) is 5. The normalized spacial score (nSPS) is 46.5. The lowest BCUT2D eigenvalue weighted by atomic mass is 9.94. The van der Waals surface area contributed by atoms with Gasteiger partial charge in [-0.2, -0.15) is 0 Å². The molecule has 0 spiro atoms. The Morgan fingerprint density at radius 1 is 1.10 bits per heavy atom. The van der Waals surface area contributed by atoms with E-state index >= 15 is 0 Å². The first-order valence-corrected chi connectivity index (χ1v) is 5.47. The molecule has 0 radical (unpaired) electrons. The molecule has 1 saturated heterocycles. The number of carbonyl (C=O) groups is 2. The van der Waals surface area contributed by atoms with Gasteiger partial charge in [0, 0.05) is 12.2 Å². The van der Waals surface area contributed by atoms with E-state index in [4.69, 9.17) is 5.11 Å². The fourth-order valence-electron chi connectivity index (χ4n) is 1.84. The van der Waals surface area contributed by atoms with Crippen molar-refractivity contribution < 1.29 is 49.3 Å². The molecule has 2 aliphatic heterocycles. The molecular formula is C10H12O10. The zero-order valence-corrected chi connectivity index (χ0v) is 9.87. The molecule has 0 aromatic carbocycles. The van der Waals surface area contributed by atoms with Crippen molar-refractivity contribution in [3.05, 3.63) is 12.2 Å². The van der Waals surface area contributed by atoms with Crippen LogP contribution in [0.5, 0.6) is 0 Å². The van der Waals surface area contributed by atoms with E-state index in [9.17, 15) is 30.0 Å². The van der Waals surface area contributed by atoms with E-state index < -0.39 is 48.6 Å². The number of rotatable bonds is 1. The zero-order chi connectivity index (χ0) is 15.1.